The monoisotopic (exact) mass is 313 g/mol. The summed E-state index contributed by atoms with van der Waals surface area (Å²) in [6.07, 6.45) is 8.44. The molecule has 5 nitrogen and oxygen atoms in total. The van der Waals surface area contributed by atoms with Crippen LogP contribution in [-0.4, -0.2) is 25.9 Å². The molecule has 120 valence electrons. The Morgan fingerprint density at radius 2 is 2.00 bits per heavy atom. The lowest BCUT2D eigenvalue weighted by atomic mass is 10.0. The van der Waals surface area contributed by atoms with Crippen LogP contribution in [-0.2, 0) is 13.6 Å². The Balaban J connectivity index is 1.66. The van der Waals surface area contributed by atoms with Gasteiger partial charge in [-0.25, -0.2) is 9.37 Å². The fourth-order valence-electron chi connectivity index (χ4n) is 2.56. The Morgan fingerprint density at radius 3 is 2.65 bits per heavy atom. The van der Waals surface area contributed by atoms with Crippen LogP contribution in [0.2, 0.25) is 0 Å². The van der Waals surface area contributed by atoms with Crippen molar-refractivity contribution in [3.05, 3.63) is 72.3 Å². The average Bonchev–Trinajstić information content (AvgIpc) is 3.20. The zero-order valence-corrected chi connectivity index (χ0v) is 13.1. The van der Waals surface area contributed by atoms with Gasteiger partial charge < -0.3 is 9.88 Å². The maximum absolute atomic E-state index is 13.2. The third kappa shape index (κ3) is 4.04. The van der Waals surface area contributed by atoms with E-state index in [4.69, 9.17) is 0 Å². The number of nitrogens with one attached hydrogen (secondary N) is 1. The molecule has 0 radical (unpaired) electrons. The summed E-state index contributed by atoms with van der Waals surface area (Å²) in [5.74, 6) is -0.228. The van der Waals surface area contributed by atoms with Gasteiger partial charge in [-0.3, -0.25) is 4.68 Å². The van der Waals surface area contributed by atoms with E-state index in [1.54, 1.807) is 23.0 Å². The maximum atomic E-state index is 13.2. The maximum Gasteiger partial charge on any atom is 0.123 e. The van der Waals surface area contributed by atoms with Gasteiger partial charge in [0, 0.05) is 32.2 Å². The number of hydrogen-bond acceptors (Lipinski definition) is 3. The van der Waals surface area contributed by atoms with Gasteiger partial charge in [-0.2, -0.15) is 5.10 Å². The number of imidazole rings is 1. The molecule has 1 aromatic carbocycles. The first-order chi connectivity index (χ1) is 11.2. The normalized spacial score (nSPS) is 12.4. The van der Waals surface area contributed by atoms with Crippen LogP contribution >= 0.6 is 0 Å². The molecule has 0 aliphatic carbocycles. The second kappa shape index (κ2) is 7.19. The lowest BCUT2D eigenvalue weighted by Gasteiger charge is -2.17. The van der Waals surface area contributed by atoms with E-state index in [2.05, 4.69) is 20.0 Å². The molecule has 0 saturated heterocycles. The van der Waals surface area contributed by atoms with E-state index in [-0.39, 0.29) is 11.9 Å². The summed E-state index contributed by atoms with van der Waals surface area (Å²) >= 11 is 0. The molecular weight excluding hydrogens is 293 g/mol. The van der Waals surface area contributed by atoms with Crippen molar-refractivity contribution in [1.82, 2.24) is 24.6 Å². The minimum atomic E-state index is -0.228. The molecule has 1 N–H and O–H groups in total. The average molecular weight is 313 g/mol. The minimum Gasteiger partial charge on any atom is -0.337 e. The Kier molecular flexibility index (Phi) is 4.83. The first kappa shape index (κ1) is 15.4. The largest absolute Gasteiger partial charge is 0.337 e. The summed E-state index contributed by atoms with van der Waals surface area (Å²) in [6.45, 7) is 1.74. The highest BCUT2D eigenvalue weighted by Gasteiger charge is 2.16. The van der Waals surface area contributed by atoms with Crippen molar-refractivity contribution in [3.8, 4) is 0 Å². The smallest absolute Gasteiger partial charge is 0.123 e. The highest BCUT2D eigenvalue weighted by molar-refractivity contribution is 5.27. The van der Waals surface area contributed by atoms with E-state index in [1.807, 2.05) is 31.8 Å². The molecule has 23 heavy (non-hydrogen) atoms. The minimum absolute atomic E-state index is 0.0420. The lowest BCUT2D eigenvalue weighted by molar-refractivity contribution is 0.531. The number of aromatic nitrogens is 4. The molecule has 0 fully saturated rings. The SMILES string of the molecule is Cn1ccc(C(NCCCn2ccnc2)c2ccc(F)cc2)n1. The molecule has 0 spiro atoms. The molecule has 1 unspecified atom stereocenters. The zero-order chi connectivity index (χ0) is 16.1. The second-order valence-corrected chi connectivity index (χ2v) is 5.51. The van der Waals surface area contributed by atoms with E-state index in [9.17, 15) is 4.39 Å². The zero-order valence-electron chi connectivity index (χ0n) is 13.1. The summed E-state index contributed by atoms with van der Waals surface area (Å²) < 4.78 is 17.0. The number of halogens is 1. The summed E-state index contributed by atoms with van der Waals surface area (Å²) in [6, 6.07) is 8.52. The number of benzene rings is 1. The molecule has 0 amide bonds. The fourth-order valence-corrected chi connectivity index (χ4v) is 2.56. The molecule has 2 aromatic heterocycles. The summed E-state index contributed by atoms with van der Waals surface area (Å²) in [7, 11) is 1.89. The van der Waals surface area contributed by atoms with Crippen LogP contribution in [0.1, 0.15) is 23.7 Å². The molecule has 0 bridgehead atoms. The van der Waals surface area contributed by atoms with Gasteiger partial charge in [-0.15, -0.1) is 0 Å². The van der Waals surface area contributed by atoms with Crippen LogP contribution in [0, 0.1) is 5.82 Å². The topological polar surface area (TPSA) is 47.7 Å². The van der Waals surface area contributed by atoms with E-state index < -0.39 is 0 Å². The first-order valence-electron chi connectivity index (χ1n) is 7.66. The summed E-state index contributed by atoms with van der Waals surface area (Å²) in [5, 5.41) is 8.00. The Bertz CT molecular complexity index is 718. The molecule has 0 aliphatic rings. The Labute approximate surface area is 134 Å². The molecule has 0 aliphatic heterocycles. The highest BCUT2D eigenvalue weighted by Crippen LogP contribution is 2.20. The van der Waals surface area contributed by atoms with Crippen LogP contribution in [0.3, 0.4) is 0 Å². The molecule has 1 atom stereocenters. The number of hydrogen-bond donors (Lipinski definition) is 1. The van der Waals surface area contributed by atoms with Crippen molar-refractivity contribution in [1.29, 1.82) is 0 Å². The van der Waals surface area contributed by atoms with Gasteiger partial charge in [-0.1, -0.05) is 12.1 Å². The van der Waals surface area contributed by atoms with E-state index in [1.165, 1.54) is 12.1 Å². The van der Waals surface area contributed by atoms with Gasteiger partial charge in [-0.05, 0) is 36.7 Å². The van der Waals surface area contributed by atoms with Crippen LogP contribution in [0.4, 0.5) is 4.39 Å². The van der Waals surface area contributed by atoms with Crippen LogP contribution in [0.25, 0.3) is 0 Å². The van der Waals surface area contributed by atoms with Crippen LogP contribution < -0.4 is 5.32 Å². The second-order valence-electron chi connectivity index (χ2n) is 5.51. The predicted molar refractivity (Wildman–Crippen MR) is 86.3 cm³/mol. The van der Waals surface area contributed by atoms with Gasteiger partial charge >= 0.3 is 0 Å². The van der Waals surface area contributed by atoms with Crippen LogP contribution in [0.5, 0.6) is 0 Å². The molecule has 2 heterocycles. The van der Waals surface area contributed by atoms with Gasteiger partial charge in [0.15, 0.2) is 0 Å². The quantitative estimate of drug-likeness (QED) is 0.682. The van der Waals surface area contributed by atoms with E-state index in [0.717, 1.165) is 30.8 Å². The van der Waals surface area contributed by atoms with E-state index in [0.29, 0.717) is 0 Å². The fraction of sp³-hybridized carbons (Fsp3) is 0.294. The van der Waals surface area contributed by atoms with Crippen molar-refractivity contribution in [2.24, 2.45) is 7.05 Å². The standard InChI is InChI=1S/C17H20FN5/c1-22-11-7-16(21-22)17(14-3-5-15(18)6-4-14)20-8-2-10-23-12-9-19-13-23/h3-7,9,11-13,17,20H,2,8,10H2,1H3. The first-order valence-corrected chi connectivity index (χ1v) is 7.66. The number of nitrogens with zero attached hydrogens (tertiary/aromatic N) is 4. The predicted octanol–water partition coefficient (Wildman–Crippen LogP) is 2.53. The molecule has 3 aromatic rings. The number of rotatable bonds is 7. The van der Waals surface area contributed by atoms with Crippen LogP contribution in [0.15, 0.2) is 55.2 Å². The molecule has 6 heteroatoms. The van der Waals surface area contributed by atoms with Crippen molar-refractivity contribution in [2.45, 2.75) is 19.0 Å². The third-order valence-electron chi connectivity index (χ3n) is 3.73. The molecular formula is C17H20FN5. The van der Waals surface area contributed by atoms with Gasteiger partial charge in [0.1, 0.15) is 5.82 Å². The molecule has 0 saturated carbocycles. The van der Waals surface area contributed by atoms with Crippen molar-refractivity contribution in [3.63, 3.8) is 0 Å². The van der Waals surface area contributed by atoms with Crippen molar-refractivity contribution >= 4 is 0 Å². The van der Waals surface area contributed by atoms with Crippen molar-refractivity contribution in [2.75, 3.05) is 6.54 Å². The Hall–Kier alpha value is -2.47. The van der Waals surface area contributed by atoms with E-state index >= 15 is 0 Å². The third-order valence-corrected chi connectivity index (χ3v) is 3.73. The summed E-state index contributed by atoms with van der Waals surface area (Å²) in [4.78, 5) is 4.04. The highest BCUT2D eigenvalue weighted by atomic mass is 19.1. The van der Waals surface area contributed by atoms with Gasteiger partial charge in [0.2, 0.25) is 0 Å². The molecule has 3 rings (SSSR count). The Morgan fingerprint density at radius 1 is 1.17 bits per heavy atom. The van der Waals surface area contributed by atoms with Gasteiger partial charge in [0.25, 0.3) is 0 Å². The van der Waals surface area contributed by atoms with Crippen molar-refractivity contribution < 1.29 is 4.39 Å². The van der Waals surface area contributed by atoms with Gasteiger partial charge in [0.05, 0.1) is 18.1 Å². The summed E-state index contributed by atoms with van der Waals surface area (Å²) in [5.41, 5.74) is 1.94. The lowest BCUT2D eigenvalue weighted by Crippen LogP contribution is -2.25. The number of aryl methyl sites for hydroxylation is 2.